The lowest BCUT2D eigenvalue weighted by molar-refractivity contribution is 0.0619. The summed E-state index contributed by atoms with van der Waals surface area (Å²) in [5.41, 5.74) is 2.45. The molecule has 0 saturated heterocycles. The Labute approximate surface area is 123 Å². The molecule has 0 spiro atoms. The molecule has 0 bridgehead atoms. The molecule has 0 amide bonds. The Bertz CT molecular complexity index is 497. The average Bonchev–Trinajstić information content (AvgIpc) is 2.70. The van der Waals surface area contributed by atoms with Crippen LogP contribution >= 0.6 is 0 Å². The third-order valence-electron chi connectivity index (χ3n) is 4.41. The molecule has 20 heavy (non-hydrogen) atoms. The van der Waals surface area contributed by atoms with Crippen molar-refractivity contribution in [2.75, 3.05) is 0 Å². The van der Waals surface area contributed by atoms with Gasteiger partial charge in [0.15, 0.2) is 0 Å². The molecule has 0 fully saturated rings. The molecule has 1 aliphatic rings. The van der Waals surface area contributed by atoms with Crippen molar-refractivity contribution >= 4 is 8.32 Å². The van der Waals surface area contributed by atoms with Gasteiger partial charge in [0.1, 0.15) is 6.10 Å². The second-order valence-electron chi connectivity index (χ2n) is 7.15. The molecule has 0 aromatic heterocycles. The number of ether oxygens (including phenoxy) is 1. The molecule has 3 heteroatoms. The molecule has 0 radical (unpaired) electrons. The summed E-state index contributed by atoms with van der Waals surface area (Å²) in [4.78, 5) is 0. The van der Waals surface area contributed by atoms with Gasteiger partial charge in [-0.3, -0.25) is 0 Å². The quantitative estimate of drug-likeness (QED) is 0.694. The monoisotopic (exact) mass is 290 g/mol. The SMILES string of the molecule is CC1=C(O[Si](C)(C)C(C)(C)C)OC(c2ccccc2)C1. The van der Waals surface area contributed by atoms with E-state index in [0.717, 1.165) is 12.4 Å². The predicted octanol–water partition coefficient (Wildman–Crippen LogP) is 5.40. The van der Waals surface area contributed by atoms with Crippen molar-refractivity contribution in [2.45, 2.75) is 58.4 Å². The molecule has 2 rings (SSSR count). The smallest absolute Gasteiger partial charge is 0.264 e. The van der Waals surface area contributed by atoms with Gasteiger partial charge in [-0.1, -0.05) is 51.1 Å². The van der Waals surface area contributed by atoms with Gasteiger partial charge in [-0.05, 0) is 30.6 Å². The number of rotatable bonds is 3. The van der Waals surface area contributed by atoms with E-state index in [4.69, 9.17) is 9.16 Å². The van der Waals surface area contributed by atoms with Crippen LogP contribution in [0.2, 0.25) is 18.1 Å². The minimum absolute atomic E-state index is 0.107. The summed E-state index contributed by atoms with van der Waals surface area (Å²) in [7, 11) is -1.83. The van der Waals surface area contributed by atoms with E-state index >= 15 is 0 Å². The highest BCUT2D eigenvalue weighted by Crippen LogP contribution is 2.42. The summed E-state index contributed by atoms with van der Waals surface area (Å²) >= 11 is 0. The maximum Gasteiger partial charge on any atom is 0.264 e. The molecule has 1 heterocycles. The number of hydrogen-bond donors (Lipinski definition) is 0. The van der Waals surface area contributed by atoms with Crippen LogP contribution in [0.4, 0.5) is 0 Å². The van der Waals surface area contributed by atoms with E-state index in [9.17, 15) is 0 Å². The third kappa shape index (κ3) is 3.09. The van der Waals surface area contributed by atoms with Crippen LogP contribution < -0.4 is 0 Å². The van der Waals surface area contributed by atoms with Gasteiger partial charge in [-0.2, -0.15) is 0 Å². The molecule has 1 aromatic carbocycles. The minimum atomic E-state index is -1.83. The highest BCUT2D eigenvalue weighted by Gasteiger charge is 2.41. The first-order chi connectivity index (χ1) is 9.21. The molecular weight excluding hydrogens is 264 g/mol. The first kappa shape index (κ1) is 15.2. The standard InChI is InChI=1S/C17H26O2Si/c1-13-12-15(14-10-8-7-9-11-14)18-16(13)19-20(5,6)17(2,3)4/h7-11,15H,12H2,1-6H3. The Morgan fingerprint density at radius 3 is 2.30 bits per heavy atom. The van der Waals surface area contributed by atoms with E-state index in [-0.39, 0.29) is 11.1 Å². The molecule has 1 aliphatic heterocycles. The van der Waals surface area contributed by atoms with Crippen molar-refractivity contribution in [3.05, 3.63) is 47.4 Å². The van der Waals surface area contributed by atoms with E-state index < -0.39 is 8.32 Å². The fourth-order valence-electron chi connectivity index (χ4n) is 1.98. The summed E-state index contributed by atoms with van der Waals surface area (Å²) < 4.78 is 12.4. The van der Waals surface area contributed by atoms with Gasteiger partial charge in [0.25, 0.3) is 14.3 Å². The molecule has 2 nitrogen and oxygen atoms in total. The van der Waals surface area contributed by atoms with Gasteiger partial charge < -0.3 is 9.16 Å². The lowest BCUT2D eigenvalue weighted by atomic mass is 10.1. The second-order valence-corrected chi connectivity index (χ2v) is 11.9. The highest BCUT2D eigenvalue weighted by molar-refractivity contribution is 6.74. The van der Waals surface area contributed by atoms with Crippen LogP contribution in [0, 0.1) is 0 Å². The molecular formula is C17H26O2Si. The fraction of sp³-hybridized carbons (Fsp3) is 0.529. The molecule has 1 aromatic rings. The molecule has 1 atom stereocenters. The van der Waals surface area contributed by atoms with Gasteiger partial charge in [0.2, 0.25) is 0 Å². The van der Waals surface area contributed by atoms with Crippen molar-refractivity contribution in [2.24, 2.45) is 0 Å². The van der Waals surface area contributed by atoms with Gasteiger partial charge in [-0.25, -0.2) is 0 Å². The second kappa shape index (κ2) is 5.28. The van der Waals surface area contributed by atoms with Crippen molar-refractivity contribution in [1.29, 1.82) is 0 Å². The normalized spacial score (nSPS) is 20.0. The summed E-state index contributed by atoms with van der Waals surface area (Å²) in [5.74, 6) is 0.769. The highest BCUT2D eigenvalue weighted by atomic mass is 28.4. The van der Waals surface area contributed by atoms with E-state index in [1.54, 1.807) is 0 Å². The van der Waals surface area contributed by atoms with E-state index in [2.05, 4.69) is 65.1 Å². The van der Waals surface area contributed by atoms with E-state index in [0.29, 0.717) is 0 Å². The van der Waals surface area contributed by atoms with Gasteiger partial charge in [-0.15, -0.1) is 0 Å². The largest absolute Gasteiger partial charge is 0.519 e. The summed E-state index contributed by atoms with van der Waals surface area (Å²) in [6, 6.07) is 10.4. The number of hydrogen-bond acceptors (Lipinski definition) is 2. The predicted molar refractivity (Wildman–Crippen MR) is 85.9 cm³/mol. The lowest BCUT2D eigenvalue weighted by Gasteiger charge is -2.36. The Morgan fingerprint density at radius 1 is 1.15 bits per heavy atom. The third-order valence-corrected chi connectivity index (χ3v) is 8.72. The van der Waals surface area contributed by atoms with Crippen molar-refractivity contribution in [3.63, 3.8) is 0 Å². The number of benzene rings is 1. The topological polar surface area (TPSA) is 18.5 Å². The maximum absolute atomic E-state index is 6.32. The van der Waals surface area contributed by atoms with Crippen LogP contribution in [-0.4, -0.2) is 8.32 Å². The van der Waals surface area contributed by atoms with Crippen LogP contribution in [0.5, 0.6) is 0 Å². The summed E-state index contributed by atoms with van der Waals surface area (Å²) in [5, 5.41) is 0.189. The van der Waals surface area contributed by atoms with Crippen molar-refractivity contribution in [3.8, 4) is 0 Å². The van der Waals surface area contributed by atoms with Crippen LogP contribution in [0.25, 0.3) is 0 Å². The van der Waals surface area contributed by atoms with Gasteiger partial charge >= 0.3 is 0 Å². The molecule has 110 valence electrons. The van der Waals surface area contributed by atoms with Gasteiger partial charge in [0.05, 0.1) is 0 Å². The lowest BCUT2D eigenvalue weighted by Crippen LogP contribution is -2.40. The maximum atomic E-state index is 6.32. The minimum Gasteiger partial charge on any atom is -0.519 e. The summed E-state index contributed by atoms with van der Waals surface area (Å²) in [6.07, 6.45) is 1.03. The zero-order chi connectivity index (χ0) is 15.0. The Morgan fingerprint density at radius 2 is 1.75 bits per heavy atom. The molecule has 0 N–H and O–H groups in total. The van der Waals surface area contributed by atoms with Crippen LogP contribution in [0.1, 0.15) is 45.8 Å². The first-order valence-electron chi connectivity index (χ1n) is 7.31. The Balaban J connectivity index is 2.10. The average molecular weight is 290 g/mol. The Kier molecular flexibility index (Phi) is 4.01. The Hall–Kier alpha value is -1.22. The van der Waals surface area contributed by atoms with Crippen LogP contribution in [0.15, 0.2) is 41.9 Å². The van der Waals surface area contributed by atoms with Gasteiger partial charge in [0, 0.05) is 12.0 Å². The first-order valence-corrected chi connectivity index (χ1v) is 10.2. The van der Waals surface area contributed by atoms with Crippen LogP contribution in [0.3, 0.4) is 0 Å². The van der Waals surface area contributed by atoms with Crippen molar-refractivity contribution < 1.29 is 9.16 Å². The fourth-order valence-corrected chi connectivity index (χ4v) is 2.97. The summed E-state index contributed by atoms with van der Waals surface area (Å²) in [6.45, 7) is 13.4. The van der Waals surface area contributed by atoms with E-state index in [1.807, 2.05) is 6.07 Å². The van der Waals surface area contributed by atoms with Crippen molar-refractivity contribution in [1.82, 2.24) is 0 Å². The molecule has 1 unspecified atom stereocenters. The zero-order valence-electron chi connectivity index (χ0n) is 13.5. The van der Waals surface area contributed by atoms with Crippen LogP contribution in [-0.2, 0) is 9.16 Å². The molecule has 0 aliphatic carbocycles. The zero-order valence-corrected chi connectivity index (χ0v) is 14.5. The molecule has 0 saturated carbocycles. The van der Waals surface area contributed by atoms with E-state index in [1.165, 1.54) is 11.1 Å².